The Hall–Kier alpha value is -3.93. The molecule has 0 atom stereocenters. The van der Waals surface area contributed by atoms with Crippen molar-refractivity contribution in [3.8, 4) is 22.8 Å². The predicted molar refractivity (Wildman–Crippen MR) is 208 cm³/mol. The maximum Gasteiger partial charge on any atom is 0.297 e. The first-order valence-corrected chi connectivity index (χ1v) is 18.4. The third kappa shape index (κ3) is 8.59. The van der Waals surface area contributed by atoms with Crippen LogP contribution >= 0.6 is 0 Å². The molecule has 0 aliphatic carbocycles. The predicted octanol–water partition coefficient (Wildman–Crippen LogP) is 10.0. The number of rotatable bonds is 11. The summed E-state index contributed by atoms with van der Waals surface area (Å²) < 4.78 is 13.1. The molecule has 1 radical (unpaired) electrons. The summed E-state index contributed by atoms with van der Waals surface area (Å²) in [5, 5.41) is 10.7. The smallest absolute Gasteiger partial charge is 0.297 e. The molecule has 5 nitrogen and oxygen atoms in total. The summed E-state index contributed by atoms with van der Waals surface area (Å²) in [5.74, 6) is 2.98. The topological polar surface area (TPSA) is 72.6 Å². The summed E-state index contributed by atoms with van der Waals surface area (Å²) in [4.78, 5) is 16.4. The van der Waals surface area contributed by atoms with E-state index >= 15 is 0 Å². The van der Waals surface area contributed by atoms with Crippen molar-refractivity contribution < 1.29 is 39.2 Å². The average molecular weight is 861 g/mol. The van der Waals surface area contributed by atoms with Crippen LogP contribution < -0.4 is 21.3 Å². The number of furan rings is 1. The molecule has 0 unspecified atom stereocenters. The normalized spacial score (nSPS) is 12.4. The van der Waals surface area contributed by atoms with Gasteiger partial charge in [0, 0.05) is 38.0 Å². The number of ketones is 1. The molecule has 0 fully saturated rings. The molecule has 2 aromatic heterocycles. The van der Waals surface area contributed by atoms with E-state index in [4.69, 9.17) is 9.15 Å². The first-order chi connectivity index (χ1) is 24.1. The molecule has 7 heteroatoms. The van der Waals surface area contributed by atoms with Gasteiger partial charge in [-0.15, -0.1) is 35.9 Å². The SMILES string of the molecule is CC(C)c1cccc(C(C)C)c1B1c2ccccc2Oc2c1oc1cnc(-c3[c-]cccc3)cc21.CCC(CC)C(=O)/C=C(\O)C(CC)CC.[Ir]. The Morgan fingerprint density at radius 2 is 1.49 bits per heavy atom. The van der Waals surface area contributed by atoms with E-state index in [2.05, 4.69) is 81.2 Å². The minimum absolute atomic E-state index is 0. The molecule has 51 heavy (non-hydrogen) atoms. The summed E-state index contributed by atoms with van der Waals surface area (Å²) in [5.41, 5.74) is 8.56. The monoisotopic (exact) mass is 861 g/mol. The van der Waals surface area contributed by atoms with Gasteiger partial charge in [0.05, 0.1) is 17.3 Å². The Bertz CT molecular complexity index is 1910. The second-order valence-electron chi connectivity index (χ2n) is 13.9. The molecule has 1 aliphatic heterocycles. The van der Waals surface area contributed by atoms with Gasteiger partial charge in [0.1, 0.15) is 11.4 Å². The van der Waals surface area contributed by atoms with E-state index in [0.717, 1.165) is 70.5 Å². The van der Waals surface area contributed by atoms with Crippen molar-refractivity contribution in [2.75, 3.05) is 0 Å². The van der Waals surface area contributed by atoms with Gasteiger partial charge in [-0.2, -0.15) is 0 Å². The first-order valence-electron chi connectivity index (χ1n) is 18.4. The van der Waals surface area contributed by atoms with Crippen molar-refractivity contribution in [1.82, 2.24) is 4.98 Å². The van der Waals surface area contributed by atoms with Crippen molar-refractivity contribution in [3.05, 3.63) is 108 Å². The zero-order chi connectivity index (χ0) is 35.9. The second-order valence-corrected chi connectivity index (χ2v) is 13.9. The third-order valence-electron chi connectivity index (χ3n) is 10.0. The van der Waals surface area contributed by atoms with Gasteiger partial charge >= 0.3 is 0 Å². The van der Waals surface area contributed by atoms with E-state index in [0.29, 0.717) is 11.8 Å². The molecule has 0 saturated carbocycles. The zero-order valence-electron chi connectivity index (χ0n) is 31.3. The molecule has 0 saturated heterocycles. The Morgan fingerprint density at radius 3 is 2.08 bits per heavy atom. The molecular formula is C44H51BIrNO4-. The van der Waals surface area contributed by atoms with E-state index in [1.165, 1.54) is 22.7 Å². The fourth-order valence-corrected chi connectivity index (χ4v) is 7.07. The number of aliphatic hydroxyl groups excluding tert-OH is 1. The molecule has 6 rings (SSSR count). The summed E-state index contributed by atoms with van der Waals surface area (Å²) in [7, 11) is 0. The minimum atomic E-state index is -0.0508. The Kier molecular flexibility index (Phi) is 14.1. The van der Waals surface area contributed by atoms with Crippen LogP contribution in [-0.2, 0) is 24.9 Å². The van der Waals surface area contributed by atoms with Gasteiger partial charge < -0.3 is 19.2 Å². The Morgan fingerprint density at radius 1 is 0.863 bits per heavy atom. The van der Waals surface area contributed by atoms with Crippen molar-refractivity contribution in [2.24, 2.45) is 11.8 Å². The van der Waals surface area contributed by atoms with Crippen LogP contribution in [0.25, 0.3) is 22.2 Å². The standard InChI is InChI=1S/C31H27BNO2.C13H24O2.Ir/c1-19(2)22-13-10-14-23(20(3)4)29(22)32-25-15-8-9-16-27(25)34-30-24-17-26(21-11-6-5-7-12-21)33-18-28(24)35-31(30)32;1-5-10(6-2)12(14)9-13(15)11(7-3)8-4;/h5-11,13-20H,1-4H3;9-11,14H,5-8H2,1-4H3;/q-1;;/b;12-9-;. The number of para-hydroxylation sites is 1. The Balaban J connectivity index is 0.000000312. The number of nitrogens with zero attached hydrogens (tertiary/aromatic N) is 1. The molecule has 1 aliphatic rings. The maximum atomic E-state index is 11.7. The van der Waals surface area contributed by atoms with Gasteiger partial charge in [0.25, 0.3) is 6.71 Å². The molecule has 0 bridgehead atoms. The minimum Gasteiger partial charge on any atom is -0.512 e. The largest absolute Gasteiger partial charge is 0.512 e. The number of aromatic nitrogens is 1. The van der Waals surface area contributed by atoms with E-state index in [1.54, 1.807) is 0 Å². The van der Waals surface area contributed by atoms with E-state index in [1.807, 2.05) is 64.2 Å². The van der Waals surface area contributed by atoms with Crippen LogP contribution in [0, 0.1) is 17.9 Å². The number of aliphatic hydroxyl groups is 1. The van der Waals surface area contributed by atoms with Gasteiger partial charge in [0.15, 0.2) is 17.1 Å². The number of fused-ring (bicyclic) bond motifs is 4. The fourth-order valence-electron chi connectivity index (χ4n) is 7.07. The quantitative estimate of drug-likeness (QED) is 0.0608. The van der Waals surface area contributed by atoms with Crippen LogP contribution in [0.15, 0.2) is 95.2 Å². The van der Waals surface area contributed by atoms with E-state index < -0.39 is 0 Å². The molecule has 0 amide bonds. The fraction of sp³-hybridized carbons (Fsp3) is 0.364. The van der Waals surface area contributed by atoms with E-state index in [-0.39, 0.29) is 50.2 Å². The molecule has 1 N–H and O–H groups in total. The van der Waals surface area contributed by atoms with Crippen LogP contribution in [0.5, 0.6) is 11.5 Å². The third-order valence-corrected chi connectivity index (χ3v) is 10.0. The summed E-state index contributed by atoms with van der Waals surface area (Å²) in [6, 6.07) is 28.3. The van der Waals surface area contributed by atoms with Gasteiger partial charge in [0.2, 0.25) is 0 Å². The molecule has 3 heterocycles. The van der Waals surface area contributed by atoms with Crippen LogP contribution in [0.4, 0.5) is 0 Å². The van der Waals surface area contributed by atoms with E-state index in [9.17, 15) is 9.90 Å². The number of hydrogen-bond acceptors (Lipinski definition) is 5. The van der Waals surface area contributed by atoms with Crippen LogP contribution in [-0.4, -0.2) is 22.6 Å². The van der Waals surface area contributed by atoms with Crippen LogP contribution in [0.2, 0.25) is 0 Å². The summed E-state index contributed by atoms with van der Waals surface area (Å²) >= 11 is 0. The summed E-state index contributed by atoms with van der Waals surface area (Å²) in [6.45, 7) is 17.1. The van der Waals surface area contributed by atoms with Crippen molar-refractivity contribution in [2.45, 2.75) is 92.9 Å². The average Bonchev–Trinajstić information content (AvgIpc) is 3.49. The van der Waals surface area contributed by atoms with Gasteiger partial charge in [-0.05, 0) is 65.9 Å². The zero-order valence-corrected chi connectivity index (χ0v) is 33.6. The van der Waals surface area contributed by atoms with Crippen molar-refractivity contribution >= 4 is 40.1 Å². The summed E-state index contributed by atoms with van der Waals surface area (Å²) in [6.07, 6.45) is 6.72. The Labute approximate surface area is 318 Å². The van der Waals surface area contributed by atoms with Gasteiger partial charge in [-0.25, -0.2) is 0 Å². The number of carbonyl (C=O) groups excluding carboxylic acids is 1. The van der Waals surface area contributed by atoms with Gasteiger partial charge in [-0.1, -0.05) is 103 Å². The molecule has 0 spiro atoms. The number of benzene rings is 3. The number of ether oxygens (including phenoxy) is 1. The number of allylic oxidation sites excluding steroid dienone is 2. The van der Waals surface area contributed by atoms with Crippen molar-refractivity contribution in [1.29, 1.82) is 0 Å². The second kappa shape index (κ2) is 18.0. The van der Waals surface area contributed by atoms with Crippen LogP contribution in [0.1, 0.15) is 104 Å². The molecular weight excluding hydrogens is 810 g/mol. The van der Waals surface area contributed by atoms with Crippen LogP contribution in [0.3, 0.4) is 0 Å². The maximum absolute atomic E-state index is 11.7. The number of hydrogen-bond donors (Lipinski definition) is 1. The molecule has 269 valence electrons. The molecule has 5 aromatic rings. The molecule has 3 aromatic carbocycles. The van der Waals surface area contributed by atoms with Gasteiger partial charge in [-0.3, -0.25) is 4.79 Å². The van der Waals surface area contributed by atoms with Crippen molar-refractivity contribution in [3.63, 3.8) is 0 Å². The number of carbonyl (C=O) groups is 1. The first kappa shape index (κ1) is 39.9. The number of pyridine rings is 1.